The summed E-state index contributed by atoms with van der Waals surface area (Å²) in [6.45, 7) is 4.67. The van der Waals surface area contributed by atoms with Crippen LogP contribution in [0.15, 0.2) is 17.1 Å². The van der Waals surface area contributed by atoms with E-state index >= 15 is 0 Å². The quantitative estimate of drug-likeness (QED) is 0.326. The molecule has 0 spiro atoms. The van der Waals surface area contributed by atoms with Crippen LogP contribution in [0.2, 0.25) is 0 Å². The molecule has 0 radical (unpaired) electrons. The first kappa shape index (κ1) is 15.7. The van der Waals surface area contributed by atoms with Crippen LogP contribution in [0.3, 0.4) is 0 Å². The van der Waals surface area contributed by atoms with Crippen LogP contribution in [-0.4, -0.2) is 48.9 Å². The molecule has 6 nitrogen and oxygen atoms in total. The Morgan fingerprint density at radius 2 is 1.83 bits per heavy atom. The Balaban J connectivity index is 1.32. The Kier molecular flexibility index (Phi) is 4.06. The Bertz CT molecular complexity index is 566. The smallest absolute Gasteiger partial charge is 0.233 e. The van der Waals surface area contributed by atoms with Gasteiger partial charge in [0.1, 0.15) is 0 Å². The molecule has 0 aromatic carbocycles. The molecule has 4 unspecified atom stereocenters. The van der Waals surface area contributed by atoms with Gasteiger partial charge in [-0.1, -0.05) is 12.2 Å². The number of rotatable bonds is 6. The van der Waals surface area contributed by atoms with Gasteiger partial charge in [-0.05, 0) is 43.9 Å². The molecule has 24 heavy (non-hydrogen) atoms. The van der Waals surface area contributed by atoms with Gasteiger partial charge in [0.25, 0.3) is 0 Å². The number of aliphatic imine (C=N–C) groups is 1. The maximum absolute atomic E-state index is 12.6. The molecule has 2 saturated carbocycles. The van der Waals surface area contributed by atoms with Crippen molar-refractivity contribution in [3.63, 3.8) is 0 Å². The van der Waals surface area contributed by atoms with Gasteiger partial charge in [0.2, 0.25) is 11.8 Å². The summed E-state index contributed by atoms with van der Waals surface area (Å²) < 4.78 is 0. The highest BCUT2D eigenvalue weighted by Gasteiger charge is 2.58. The van der Waals surface area contributed by atoms with Crippen LogP contribution in [-0.2, 0) is 9.59 Å². The van der Waals surface area contributed by atoms with Crippen LogP contribution in [0.1, 0.15) is 26.2 Å². The number of imide groups is 1. The number of likely N-dealkylation sites (tertiary alicyclic amines) is 1. The number of carbonyl (C=O) groups is 2. The largest absolute Gasteiger partial charge is 0.357 e. The van der Waals surface area contributed by atoms with Crippen molar-refractivity contribution in [3.8, 4) is 0 Å². The van der Waals surface area contributed by atoms with Gasteiger partial charge in [0, 0.05) is 26.2 Å². The van der Waals surface area contributed by atoms with E-state index in [9.17, 15) is 9.59 Å². The monoisotopic (exact) mass is 330 g/mol. The van der Waals surface area contributed by atoms with Gasteiger partial charge in [0.05, 0.1) is 11.8 Å². The maximum atomic E-state index is 12.6. The van der Waals surface area contributed by atoms with Gasteiger partial charge < -0.3 is 10.6 Å². The molecule has 2 bridgehead atoms. The summed E-state index contributed by atoms with van der Waals surface area (Å²) in [5, 5.41) is 6.47. The van der Waals surface area contributed by atoms with E-state index in [1.54, 1.807) is 0 Å². The van der Waals surface area contributed by atoms with Crippen molar-refractivity contribution in [2.45, 2.75) is 26.2 Å². The lowest BCUT2D eigenvalue weighted by Crippen LogP contribution is -2.43. The average molecular weight is 330 g/mol. The molecular formula is C18H26N4O2. The molecular weight excluding hydrogens is 304 g/mol. The summed E-state index contributed by atoms with van der Waals surface area (Å²) in [6, 6.07) is 0. The second-order valence-electron chi connectivity index (χ2n) is 7.42. The van der Waals surface area contributed by atoms with Gasteiger partial charge in [0.15, 0.2) is 5.96 Å². The second-order valence-corrected chi connectivity index (χ2v) is 7.42. The zero-order chi connectivity index (χ0) is 16.7. The van der Waals surface area contributed by atoms with E-state index in [2.05, 4.69) is 27.8 Å². The minimum Gasteiger partial charge on any atom is -0.357 e. The van der Waals surface area contributed by atoms with Gasteiger partial charge in [-0.3, -0.25) is 19.5 Å². The molecule has 1 aliphatic heterocycles. The van der Waals surface area contributed by atoms with Crippen molar-refractivity contribution in [1.29, 1.82) is 0 Å². The van der Waals surface area contributed by atoms with E-state index in [-0.39, 0.29) is 35.5 Å². The van der Waals surface area contributed by atoms with Crippen LogP contribution >= 0.6 is 0 Å². The van der Waals surface area contributed by atoms with Gasteiger partial charge in [-0.2, -0.15) is 0 Å². The number of allylic oxidation sites excluding steroid dienone is 2. The Hall–Kier alpha value is -1.85. The maximum Gasteiger partial charge on any atom is 0.233 e. The van der Waals surface area contributed by atoms with E-state index in [4.69, 9.17) is 0 Å². The summed E-state index contributed by atoms with van der Waals surface area (Å²) >= 11 is 0. The zero-order valence-electron chi connectivity index (χ0n) is 14.2. The van der Waals surface area contributed by atoms with Crippen molar-refractivity contribution in [1.82, 2.24) is 15.5 Å². The van der Waals surface area contributed by atoms with E-state index in [1.165, 1.54) is 17.7 Å². The molecule has 2 amide bonds. The third kappa shape index (κ3) is 2.72. The fourth-order valence-electron chi connectivity index (χ4n) is 4.33. The number of nitrogens with one attached hydrogen (secondary N) is 2. The predicted molar refractivity (Wildman–Crippen MR) is 91.1 cm³/mol. The van der Waals surface area contributed by atoms with E-state index in [0.717, 1.165) is 31.4 Å². The van der Waals surface area contributed by atoms with Gasteiger partial charge in [-0.15, -0.1) is 0 Å². The minimum atomic E-state index is -0.0933. The first-order valence-corrected chi connectivity index (χ1v) is 9.24. The molecule has 3 aliphatic carbocycles. The van der Waals surface area contributed by atoms with E-state index in [1.807, 2.05) is 6.92 Å². The van der Waals surface area contributed by atoms with E-state index in [0.29, 0.717) is 13.1 Å². The molecule has 3 fully saturated rings. The summed E-state index contributed by atoms with van der Waals surface area (Å²) in [5.74, 6) is 1.97. The predicted octanol–water partition coefficient (Wildman–Crippen LogP) is 0.759. The summed E-state index contributed by atoms with van der Waals surface area (Å²) in [7, 11) is 0. The van der Waals surface area contributed by atoms with E-state index < -0.39 is 0 Å². The number of hydrogen-bond acceptors (Lipinski definition) is 3. The van der Waals surface area contributed by atoms with Crippen molar-refractivity contribution in [3.05, 3.63) is 12.2 Å². The van der Waals surface area contributed by atoms with Crippen molar-refractivity contribution >= 4 is 17.8 Å². The second kappa shape index (κ2) is 6.22. The van der Waals surface area contributed by atoms with Crippen molar-refractivity contribution < 1.29 is 9.59 Å². The molecule has 1 saturated heterocycles. The van der Waals surface area contributed by atoms with Crippen LogP contribution in [0.4, 0.5) is 0 Å². The number of fused-ring (bicyclic) bond motifs is 5. The van der Waals surface area contributed by atoms with Crippen molar-refractivity contribution in [2.75, 3.05) is 26.2 Å². The number of guanidine groups is 1. The molecule has 4 atom stereocenters. The number of amides is 2. The highest BCUT2D eigenvalue weighted by Crippen LogP contribution is 2.52. The first-order valence-electron chi connectivity index (χ1n) is 9.24. The lowest BCUT2D eigenvalue weighted by molar-refractivity contribution is -0.140. The molecule has 6 heteroatoms. The van der Waals surface area contributed by atoms with Crippen LogP contribution < -0.4 is 10.6 Å². The molecule has 1 heterocycles. The molecule has 130 valence electrons. The van der Waals surface area contributed by atoms with Crippen molar-refractivity contribution in [2.24, 2.45) is 34.6 Å². The molecule has 2 N–H and O–H groups in total. The minimum absolute atomic E-state index is 0.0311. The third-order valence-electron chi connectivity index (χ3n) is 5.74. The highest BCUT2D eigenvalue weighted by molar-refractivity contribution is 6.06. The van der Waals surface area contributed by atoms with Gasteiger partial charge in [-0.25, -0.2) is 0 Å². The summed E-state index contributed by atoms with van der Waals surface area (Å²) in [4.78, 5) is 31.3. The lowest BCUT2D eigenvalue weighted by Gasteiger charge is -2.18. The molecule has 0 aromatic rings. The third-order valence-corrected chi connectivity index (χ3v) is 5.74. The van der Waals surface area contributed by atoms with Crippen LogP contribution in [0, 0.1) is 29.6 Å². The number of carbonyl (C=O) groups excluding carboxylic acids is 2. The standard InChI is InChI=1S/C18H26N4O2/c1-2-19-18(21-10-11-3-4-11)20-7-8-22-16(23)14-12-5-6-13(9-12)15(14)17(22)24/h5-6,11-15H,2-4,7-10H2,1H3,(H2,19,20,21). The lowest BCUT2D eigenvalue weighted by atomic mass is 9.85. The fraction of sp³-hybridized carbons (Fsp3) is 0.722. The Morgan fingerprint density at radius 3 is 2.42 bits per heavy atom. The number of hydrogen-bond donors (Lipinski definition) is 2. The zero-order valence-corrected chi connectivity index (χ0v) is 14.2. The normalized spacial score (nSPS) is 34.2. The Labute approximate surface area is 142 Å². The SMILES string of the molecule is CCNC(=NCC1CC1)NCCN1C(=O)C2C3C=CC(C3)C2C1=O. The summed E-state index contributed by atoms with van der Waals surface area (Å²) in [6.07, 6.45) is 7.80. The molecule has 4 rings (SSSR count). The topological polar surface area (TPSA) is 73.8 Å². The highest BCUT2D eigenvalue weighted by atomic mass is 16.2. The Morgan fingerprint density at radius 1 is 1.17 bits per heavy atom. The number of nitrogens with zero attached hydrogens (tertiary/aromatic N) is 2. The summed E-state index contributed by atoms with van der Waals surface area (Å²) in [5.41, 5.74) is 0. The average Bonchev–Trinajstić information content (AvgIpc) is 3.09. The first-order chi connectivity index (χ1) is 11.7. The van der Waals surface area contributed by atoms with Crippen LogP contribution in [0.25, 0.3) is 0 Å². The fourth-order valence-corrected chi connectivity index (χ4v) is 4.33. The molecule has 4 aliphatic rings. The molecule has 0 aromatic heterocycles. The van der Waals surface area contributed by atoms with Crippen LogP contribution in [0.5, 0.6) is 0 Å². The van der Waals surface area contributed by atoms with Gasteiger partial charge >= 0.3 is 0 Å².